The first-order chi connectivity index (χ1) is 8.45. The van der Waals surface area contributed by atoms with Gasteiger partial charge in [-0.2, -0.15) is 5.10 Å². The van der Waals surface area contributed by atoms with Gasteiger partial charge in [-0.1, -0.05) is 11.8 Å². The lowest BCUT2D eigenvalue weighted by atomic mass is 10.4. The van der Waals surface area contributed by atoms with E-state index in [4.69, 9.17) is 5.73 Å². The minimum Gasteiger partial charge on any atom is -0.383 e. The van der Waals surface area contributed by atoms with Gasteiger partial charge in [0, 0.05) is 13.1 Å². The van der Waals surface area contributed by atoms with E-state index >= 15 is 0 Å². The maximum Gasteiger partial charge on any atom is 0.275 e. The van der Waals surface area contributed by atoms with Gasteiger partial charge in [0.25, 0.3) is 5.69 Å². The third-order valence-electron chi connectivity index (χ3n) is 2.19. The minimum absolute atomic E-state index is 0.0658. The van der Waals surface area contributed by atoms with Gasteiger partial charge in [0.05, 0.1) is 16.7 Å². The van der Waals surface area contributed by atoms with Crippen molar-refractivity contribution in [3.8, 4) is 0 Å². The number of pyridine rings is 1. The highest BCUT2D eigenvalue weighted by molar-refractivity contribution is 7.99. The molecule has 0 atom stereocenters. The summed E-state index contributed by atoms with van der Waals surface area (Å²) in [6.07, 6.45) is 0. The van der Waals surface area contributed by atoms with Gasteiger partial charge in [0.15, 0.2) is 0 Å². The van der Waals surface area contributed by atoms with Crippen LogP contribution < -0.4 is 5.73 Å². The molecular formula is C10H11N5O2S. The van der Waals surface area contributed by atoms with Crippen molar-refractivity contribution in [1.29, 1.82) is 0 Å². The van der Waals surface area contributed by atoms with Gasteiger partial charge in [0.2, 0.25) is 0 Å². The lowest BCUT2D eigenvalue weighted by molar-refractivity contribution is -0.385. The molecule has 0 spiro atoms. The van der Waals surface area contributed by atoms with Crippen molar-refractivity contribution in [2.45, 2.75) is 17.0 Å². The normalized spacial score (nSPS) is 10.6. The Morgan fingerprint density at radius 1 is 1.44 bits per heavy atom. The maximum atomic E-state index is 10.7. The predicted molar refractivity (Wildman–Crippen MR) is 67.4 cm³/mol. The van der Waals surface area contributed by atoms with Crippen LogP contribution in [-0.2, 0) is 7.05 Å². The molecule has 0 unspecified atom stereocenters. The lowest BCUT2D eigenvalue weighted by Gasteiger charge is -2.02. The summed E-state index contributed by atoms with van der Waals surface area (Å²) in [4.78, 5) is 14.3. The topological polar surface area (TPSA) is 99.9 Å². The van der Waals surface area contributed by atoms with E-state index in [1.54, 1.807) is 11.7 Å². The summed E-state index contributed by atoms with van der Waals surface area (Å²) in [5.74, 6) is 0.130. The molecule has 0 bridgehead atoms. The van der Waals surface area contributed by atoms with Crippen LogP contribution >= 0.6 is 11.8 Å². The van der Waals surface area contributed by atoms with Crippen molar-refractivity contribution in [3.63, 3.8) is 0 Å². The molecule has 2 aromatic heterocycles. The van der Waals surface area contributed by atoms with E-state index in [0.29, 0.717) is 5.03 Å². The monoisotopic (exact) mass is 265 g/mol. The molecule has 0 radical (unpaired) electrons. The molecule has 2 N–H and O–H groups in total. The van der Waals surface area contributed by atoms with Crippen molar-refractivity contribution in [2.75, 3.05) is 5.73 Å². The van der Waals surface area contributed by atoms with E-state index in [-0.39, 0.29) is 11.5 Å². The number of aromatic nitrogens is 3. The number of nitro groups is 1. The van der Waals surface area contributed by atoms with Crippen LogP contribution in [0.1, 0.15) is 5.69 Å². The van der Waals surface area contributed by atoms with Crippen LogP contribution in [-0.4, -0.2) is 19.7 Å². The van der Waals surface area contributed by atoms with Crippen LogP contribution in [0, 0.1) is 17.0 Å². The van der Waals surface area contributed by atoms with E-state index in [1.165, 1.54) is 23.9 Å². The Morgan fingerprint density at radius 2 is 2.17 bits per heavy atom. The fourth-order valence-corrected chi connectivity index (χ4v) is 2.41. The number of hydrogen-bond donors (Lipinski definition) is 1. The van der Waals surface area contributed by atoms with Gasteiger partial charge in [-0.15, -0.1) is 0 Å². The molecule has 0 aliphatic rings. The first-order valence-corrected chi connectivity index (χ1v) is 5.88. The zero-order valence-corrected chi connectivity index (χ0v) is 10.6. The van der Waals surface area contributed by atoms with Crippen molar-refractivity contribution >= 4 is 23.3 Å². The summed E-state index contributed by atoms with van der Waals surface area (Å²) in [6.45, 7) is 1.87. The predicted octanol–water partition coefficient (Wildman–Crippen LogP) is 1.77. The molecule has 2 heterocycles. The van der Waals surface area contributed by atoms with Gasteiger partial charge in [-0.25, -0.2) is 4.98 Å². The van der Waals surface area contributed by atoms with Gasteiger partial charge in [-0.05, 0) is 13.0 Å². The first kappa shape index (κ1) is 12.4. The quantitative estimate of drug-likeness (QED) is 0.670. The van der Waals surface area contributed by atoms with Gasteiger partial charge in [-0.3, -0.25) is 14.8 Å². The molecule has 0 saturated carbocycles. The first-order valence-electron chi connectivity index (χ1n) is 5.06. The third kappa shape index (κ3) is 2.59. The SMILES string of the molecule is Cc1cc(Sc2cc([N+](=O)[O-])cc(N)n2)n(C)n1. The Labute approximate surface area is 107 Å². The second kappa shape index (κ2) is 4.65. The lowest BCUT2D eigenvalue weighted by Crippen LogP contribution is -1.97. The average molecular weight is 265 g/mol. The molecule has 18 heavy (non-hydrogen) atoms. The molecule has 8 heteroatoms. The summed E-state index contributed by atoms with van der Waals surface area (Å²) < 4.78 is 1.69. The van der Waals surface area contributed by atoms with E-state index in [0.717, 1.165) is 10.7 Å². The van der Waals surface area contributed by atoms with E-state index in [9.17, 15) is 10.1 Å². The molecule has 2 rings (SSSR count). The molecule has 0 aliphatic heterocycles. The minimum atomic E-state index is -0.489. The van der Waals surface area contributed by atoms with Crippen molar-refractivity contribution < 1.29 is 4.92 Å². The van der Waals surface area contributed by atoms with E-state index in [1.807, 2.05) is 13.0 Å². The van der Waals surface area contributed by atoms with Crippen LogP contribution in [0.2, 0.25) is 0 Å². The number of hydrogen-bond acceptors (Lipinski definition) is 6. The smallest absolute Gasteiger partial charge is 0.275 e. The Balaban J connectivity index is 2.34. The zero-order chi connectivity index (χ0) is 13.3. The molecule has 0 fully saturated rings. The summed E-state index contributed by atoms with van der Waals surface area (Å²) >= 11 is 1.29. The summed E-state index contributed by atoms with van der Waals surface area (Å²) in [7, 11) is 1.80. The third-order valence-corrected chi connectivity index (χ3v) is 3.19. The molecule has 7 nitrogen and oxygen atoms in total. The zero-order valence-electron chi connectivity index (χ0n) is 9.82. The van der Waals surface area contributed by atoms with Crippen molar-refractivity contribution in [1.82, 2.24) is 14.8 Å². The molecule has 0 aliphatic carbocycles. The summed E-state index contributed by atoms with van der Waals surface area (Å²) in [5, 5.41) is 16.2. The average Bonchev–Trinajstić information content (AvgIpc) is 2.56. The highest BCUT2D eigenvalue weighted by Crippen LogP contribution is 2.29. The fourth-order valence-electron chi connectivity index (χ4n) is 1.46. The van der Waals surface area contributed by atoms with Gasteiger partial charge < -0.3 is 5.73 Å². The molecule has 94 valence electrons. The van der Waals surface area contributed by atoms with Crippen LogP contribution in [0.4, 0.5) is 11.5 Å². The maximum absolute atomic E-state index is 10.7. The largest absolute Gasteiger partial charge is 0.383 e. The fraction of sp³-hybridized carbons (Fsp3) is 0.200. The van der Waals surface area contributed by atoms with Crippen LogP contribution in [0.15, 0.2) is 28.3 Å². The van der Waals surface area contributed by atoms with Gasteiger partial charge >= 0.3 is 0 Å². The summed E-state index contributed by atoms with van der Waals surface area (Å²) in [5.41, 5.74) is 6.35. The molecule has 0 amide bonds. The number of nitrogens with zero attached hydrogens (tertiary/aromatic N) is 4. The summed E-state index contributed by atoms with van der Waals surface area (Å²) in [6, 6.07) is 4.50. The highest BCUT2D eigenvalue weighted by Gasteiger charge is 2.12. The van der Waals surface area contributed by atoms with E-state index < -0.39 is 4.92 Å². The van der Waals surface area contributed by atoms with Crippen LogP contribution in [0.5, 0.6) is 0 Å². The van der Waals surface area contributed by atoms with Crippen molar-refractivity contribution in [3.05, 3.63) is 34.0 Å². The Hall–Kier alpha value is -2.09. The number of aryl methyl sites for hydroxylation is 2. The number of nitrogen functional groups attached to an aromatic ring is 1. The second-order valence-electron chi connectivity index (χ2n) is 3.70. The van der Waals surface area contributed by atoms with E-state index in [2.05, 4.69) is 10.1 Å². The Bertz CT molecular complexity index is 610. The number of anilines is 1. The second-order valence-corrected chi connectivity index (χ2v) is 4.74. The molecule has 0 saturated heterocycles. The van der Waals surface area contributed by atoms with Gasteiger partial charge in [0.1, 0.15) is 15.9 Å². The molecular weight excluding hydrogens is 254 g/mol. The van der Waals surface area contributed by atoms with Crippen LogP contribution in [0.25, 0.3) is 0 Å². The molecule has 2 aromatic rings. The number of rotatable bonds is 3. The Kier molecular flexibility index (Phi) is 3.19. The number of nitrogens with two attached hydrogens (primary N) is 1. The van der Waals surface area contributed by atoms with Crippen molar-refractivity contribution in [2.24, 2.45) is 7.05 Å². The Morgan fingerprint density at radius 3 is 2.72 bits per heavy atom. The highest BCUT2D eigenvalue weighted by atomic mass is 32.2. The molecule has 0 aromatic carbocycles. The van der Waals surface area contributed by atoms with Crippen LogP contribution in [0.3, 0.4) is 0 Å². The standard InChI is InChI=1S/C10H11N5O2S/c1-6-3-10(14(2)13-6)18-9-5-7(15(16)17)4-8(11)12-9/h3-5H,1-2H3,(H2,11,12).